The Bertz CT molecular complexity index is 1290. The minimum absolute atomic E-state index is 0.120. The predicted molar refractivity (Wildman–Crippen MR) is 135 cm³/mol. The van der Waals surface area contributed by atoms with Crippen molar-refractivity contribution in [2.45, 2.75) is 76.7 Å². The van der Waals surface area contributed by atoms with Crippen LogP contribution in [0.5, 0.6) is 0 Å². The first-order valence-electron chi connectivity index (χ1n) is 12.9. The molecule has 0 bridgehead atoms. The Morgan fingerprint density at radius 1 is 1.27 bits per heavy atom. The first kappa shape index (κ1) is 26.6. The second kappa shape index (κ2) is 10.9. The number of aryl methyl sites for hydroxylation is 1. The molecule has 7 nitrogen and oxygen atoms in total. The van der Waals surface area contributed by atoms with Crippen LogP contribution in [0.3, 0.4) is 0 Å². The first-order valence-corrected chi connectivity index (χ1v) is 12.9. The van der Waals surface area contributed by atoms with Crippen LogP contribution in [0, 0.1) is 30.2 Å². The normalized spacial score (nSPS) is 20.8. The topological polar surface area (TPSA) is 79.8 Å². The molecule has 1 aliphatic heterocycles. The summed E-state index contributed by atoms with van der Waals surface area (Å²) in [6.45, 7) is 9.52. The predicted octanol–water partition coefficient (Wildman–Crippen LogP) is 5.60. The summed E-state index contributed by atoms with van der Waals surface area (Å²) in [6.07, 6.45) is 6.64. The summed E-state index contributed by atoms with van der Waals surface area (Å²) in [4.78, 5) is 34.9. The smallest absolute Gasteiger partial charge is 0.308 e. The van der Waals surface area contributed by atoms with Crippen LogP contribution in [0.4, 0.5) is 14.5 Å². The zero-order valence-electron chi connectivity index (χ0n) is 21.3. The van der Waals surface area contributed by atoms with E-state index >= 15 is 0 Å². The van der Waals surface area contributed by atoms with Crippen molar-refractivity contribution in [3.8, 4) is 11.8 Å². The number of pyridine rings is 1. The SMILES string of the molecule is [C-]#[N+]c1cnc2c(c1)c(C(=O)N1CC[C@H](C(=O)O)[C@H]1C)c(CCCCCCC#CC1CC(F)(F)C1)n2C. The van der Waals surface area contributed by atoms with Crippen LogP contribution in [-0.2, 0) is 18.3 Å². The van der Waals surface area contributed by atoms with Crippen LogP contribution in [0.25, 0.3) is 15.9 Å². The van der Waals surface area contributed by atoms with Gasteiger partial charge in [-0.2, -0.15) is 0 Å². The van der Waals surface area contributed by atoms with E-state index in [1.807, 2.05) is 11.6 Å². The molecule has 4 rings (SSSR count). The van der Waals surface area contributed by atoms with E-state index in [4.69, 9.17) is 6.57 Å². The fourth-order valence-electron chi connectivity index (χ4n) is 5.48. The van der Waals surface area contributed by atoms with Crippen molar-refractivity contribution in [3.63, 3.8) is 0 Å². The zero-order valence-corrected chi connectivity index (χ0v) is 21.3. The number of likely N-dealkylation sites (tertiary alicyclic amines) is 1. The molecule has 37 heavy (non-hydrogen) atoms. The summed E-state index contributed by atoms with van der Waals surface area (Å²) in [5.41, 5.74) is 2.33. The highest BCUT2D eigenvalue weighted by Gasteiger charge is 2.44. The number of fused-ring (bicyclic) bond motifs is 1. The molecule has 2 fully saturated rings. The Morgan fingerprint density at radius 2 is 2.00 bits per heavy atom. The van der Waals surface area contributed by atoms with Gasteiger partial charge in [0, 0.05) is 62.1 Å². The molecule has 196 valence electrons. The molecule has 2 atom stereocenters. The zero-order chi connectivity index (χ0) is 26.7. The lowest BCUT2D eigenvalue weighted by atomic mass is 9.82. The monoisotopic (exact) mass is 510 g/mol. The summed E-state index contributed by atoms with van der Waals surface area (Å²) in [7, 11) is 1.87. The van der Waals surface area contributed by atoms with Crippen LogP contribution in [-0.4, -0.2) is 49.9 Å². The lowest BCUT2D eigenvalue weighted by Gasteiger charge is -2.31. The van der Waals surface area contributed by atoms with Crippen molar-refractivity contribution in [2.24, 2.45) is 18.9 Å². The van der Waals surface area contributed by atoms with Crippen molar-refractivity contribution >= 4 is 28.6 Å². The summed E-state index contributed by atoms with van der Waals surface area (Å²) < 4.78 is 27.7. The average molecular weight is 511 g/mol. The molecular weight excluding hydrogens is 478 g/mol. The van der Waals surface area contributed by atoms with Crippen LogP contribution in [0.1, 0.15) is 74.3 Å². The van der Waals surface area contributed by atoms with Gasteiger partial charge in [0.1, 0.15) is 5.65 Å². The lowest BCUT2D eigenvalue weighted by molar-refractivity contribution is -0.142. The molecule has 0 radical (unpaired) electrons. The molecule has 3 heterocycles. The molecule has 0 aromatic carbocycles. The second-order valence-electron chi connectivity index (χ2n) is 10.2. The van der Waals surface area contributed by atoms with Crippen LogP contribution >= 0.6 is 0 Å². The summed E-state index contributed by atoms with van der Waals surface area (Å²) in [5, 5.41) is 10.1. The van der Waals surface area contributed by atoms with E-state index in [9.17, 15) is 23.5 Å². The van der Waals surface area contributed by atoms with Crippen molar-refractivity contribution in [1.82, 2.24) is 14.5 Å². The third-order valence-corrected chi connectivity index (χ3v) is 7.67. The Balaban J connectivity index is 1.43. The number of hydrogen-bond acceptors (Lipinski definition) is 3. The van der Waals surface area contributed by atoms with E-state index in [1.54, 1.807) is 17.9 Å². The van der Waals surface area contributed by atoms with Crippen molar-refractivity contribution < 1.29 is 23.5 Å². The molecule has 0 spiro atoms. The van der Waals surface area contributed by atoms with Gasteiger partial charge in [-0.05, 0) is 38.7 Å². The van der Waals surface area contributed by atoms with Crippen molar-refractivity contribution in [2.75, 3.05) is 6.54 Å². The van der Waals surface area contributed by atoms with Crippen LogP contribution in [0.15, 0.2) is 12.3 Å². The minimum Gasteiger partial charge on any atom is -0.481 e. The fraction of sp³-hybridized carbons (Fsp3) is 0.571. The van der Waals surface area contributed by atoms with Gasteiger partial charge >= 0.3 is 5.97 Å². The molecule has 9 heteroatoms. The third-order valence-electron chi connectivity index (χ3n) is 7.67. The Kier molecular flexibility index (Phi) is 7.82. The van der Waals surface area contributed by atoms with Gasteiger partial charge in [-0.1, -0.05) is 18.8 Å². The minimum atomic E-state index is -2.53. The molecule has 1 saturated heterocycles. The summed E-state index contributed by atoms with van der Waals surface area (Å²) in [5.74, 6) is 1.58. The van der Waals surface area contributed by atoms with Crippen molar-refractivity contribution in [3.05, 3.63) is 34.9 Å². The number of halogens is 2. The van der Waals surface area contributed by atoms with Gasteiger partial charge in [0.15, 0.2) is 0 Å². The number of carbonyl (C=O) groups excluding carboxylic acids is 1. The Hall–Kier alpha value is -3.46. The van der Waals surface area contributed by atoms with Crippen LogP contribution < -0.4 is 0 Å². The van der Waals surface area contributed by atoms with E-state index in [1.165, 1.54) is 6.20 Å². The van der Waals surface area contributed by atoms with E-state index < -0.39 is 23.9 Å². The highest BCUT2D eigenvalue weighted by molar-refractivity contribution is 6.08. The number of hydrogen-bond donors (Lipinski definition) is 1. The highest BCUT2D eigenvalue weighted by atomic mass is 19.3. The van der Waals surface area contributed by atoms with E-state index in [0.717, 1.165) is 31.4 Å². The van der Waals surface area contributed by atoms with Gasteiger partial charge < -0.3 is 14.6 Å². The molecule has 1 saturated carbocycles. The maximum atomic E-state index is 13.8. The maximum Gasteiger partial charge on any atom is 0.308 e. The molecule has 0 unspecified atom stereocenters. The number of alkyl halides is 2. The van der Waals surface area contributed by atoms with Gasteiger partial charge in [-0.25, -0.2) is 18.6 Å². The summed E-state index contributed by atoms with van der Waals surface area (Å²) >= 11 is 0. The first-order chi connectivity index (χ1) is 17.6. The molecule has 2 aromatic rings. The average Bonchev–Trinajstić information content (AvgIpc) is 3.36. The Morgan fingerprint density at radius 3 is 2.65 bits per heavy atom. The molecule has 2 aromatic heterocycles. The van der Waals surface area contributed by atoms with E-state index in [0.29, 0.717) is 48.1 Å². The number of rotatable bonds is 8. The molecule has 1 aliphatic carbocycles. The maximum absolute atomic E-state index is 13.8. The number of carboxylic acid groups (broad SMARTS) is 1. The van der Waals surface area contributed by atoms with Gasteiger partial charge in [0.2, 0.25) is 5.69 Å². The number of aliphatic carboxylic acids is 1. The van der Waals surface area contributed by atoms with Crippen LogP contribution in [0.2, 0.25) is 0 Å². The standard InChI is InChI=1S/C28H32F2N4O3/c1-18-21(27(36)37)12-13-34(18)26(35)24-22-14-20(31-2)17-32-25(22)33(3)23(24)11-9-7-5-4-6-8-10-19-15-28(29,30)16-19/h14,17-19,21H,4-7,9,11-13,15-16H2,1,3H3,(H,36,37)/t18-,21+/m1/s1. The number of nitrogens with zero attached hydrogens (tertiary/aromatic N) is 4. The second-order valence-corrected chi connectivity index (χ2v) is 10.2. The molecule has 1 N–H and O–H groups in total. The largest absolute Gasteiger partial charge is 0.481 e. The summed E-state index contributed by atoms with van der Waals surface area (Å²) in [6, 6.07) is 1.27. The van der Waals surface area contributed by atoms with Crippen molar-refractivity contribution in [1.29, 1.82) is 0 Å². The highest BCUT2D eigenvalue weighted by Crippen LogP contribution is 2.41. The number of carbonyl (C=O) groups is 2. The number of aromatic nitrogens is 2. The fourth-order valence-corrected chi connectivity index (χ4v) is 5.48. The Labute approximate surface area is 215 Å². The van der Waals surface area contributed by atoms with Gasteiger partial charge in [0.05, 0.1) is 18.1 Å². The quantitative estimate of drug-likeness (QED) is 0.285. The van der Waals surface area contributed by atoms with E-state index in [2.05, 4.69) is 21.7 Å². The third kappa shape index (κ3) is 5.61. The van der Waals surface area contributed by atoms with Gasteiger partial charge in [-0.15, -0.1) is 5.92 Å². The lowest BCUT2D eigenvalue weighted by Crippen LogP contribution is -2.38. The number of amides is 1. The van der Waals surface area contributed by atoms with E-state index in [-0.39, 0.29) is 24.7 Å². The van der Waals surface area contributed by atoms with Gasteiger partial charge in [0.25, 0.3) is 11.8 Å². The molecule has 1 amide bonds. The van der Waals surface area contributed by atoms with Gasteiger partial charge in [-0.3, -0.25) is 9.59 Å². The molecule has 2 aliphatic rings. The molecular formula is C28H32F2N4O3. The number of carboxylic acids is 1. The number of unbranched alkanes of at least 4 members (excludes halogenated alkanes) is 4.